The molecule has 3 N–H and O–H groups in total. The summed E-state index contributed by atoms with van der Waals surface area (Å²) < 4.78 is 5.12. The Morgan fingerprint density at radius 1 is 1.27 bits per heavy atom. The van der Waals surface area contributed by atoms with Crippen molar-refractivity contribution in [1.29, 1.82) is 0 Å². The fourth-order valence-corrected chi connectivity index (χ4v) is 2.11. The van der Waals surface area contributed by atoms with Gasteiger partial charge in [0.15, 0.2) is 6.54 Å². The van der Waals surface area contributed by atoms with Gasteiger partial charge in [0.2, 0.25) is 5.91 Å². The second-order valence-electron chi connectivity index (χ2n) is 5.34. The van der Waals surface area contributed by atoms with Crippen molar-refractivity contribution in [3.63, 3.8) is 0 Å². The Bertz CT molecular complexity index is 488. The minimum absolute atomic E-state index is 0.134. The zero-order chi connectivity index (χ0) is 16.5. The maximum atomic E-state index is 11.9. The van der Waals surface area contributed by atoms with Crippen LogP contribution >= 0.6 is 0 Å². The van der Waals surface area contributed by atoms with Gasteiger partial charge in [0, 0.05) is 12.1 Å². The van der Waals surface area contributed by atoms with Crippen LogP contribution in [0.15, 0.2) is 24.3 Å². The molecule has 0 saturated carbocycles. The lowest BCUT2D eigenvalue weighted by Gasteiger charge is -2.17. The van der Waals surface area contributed by atoms with E-state index in [-0.39, 0.29) is 11.8 Å². The molecule has 1 aromatic carbocycles. The standard InChI is InChI=1S/C16H25N3O3/c1-5-17-16(21)12(2)18-15(20)11-19(3)10-13-6-8-14(22-4)9-7-13/h6-9,12H,5,10-11H2,1-4H3,(H,17,21)(H,18,20)/p+1/t12-/m0/s1. The number of hydrogen-bond donors (Lipinski definition) is 3. The van der Waals surface area contributed by atoms with E-state index in [4.69, 9.17) is 4.74 Å². The largest absolute Gasteiger partial charge is 0.497 e. The third-order valence-electron chi connectivity index (χ3n) is 3.25. The molecule has 0 bridgehead atoms. The van der Waals surface area contributed by atoms with Crippen LogP contribution in [0.3, 0.4) is 0 Å². The number of hydrogen-bond acceptors (Lipinski definition) is 3. The molecule has 1 aromatic rings. The van der Waals surface area contributed by atoms with Crippen molar-refractivity contribution >= 4 is 11.8 Å². The molecule has 22 heavy (non-hydrogen) atoms. The molecule has 0 saturated heterocycles. The highest BCUT2D eigenvalue weighted by Crippen LogP contribution is 2.10. The average Bonchev–Trinajstić information content (AvgIpc) is 2.47. The predicted octanol–water partition coefficient (Wildman–Crippen LogP) is -0.649. The topological polar surface area (TPSA) is 71.9 Å². The summed E-state index contributed by atoms with van der Waals surface area (Å²) in [6.07, 6.45) is 0. The summed E-state index contributed by atoms with van der Waals surface area (Å²) in [6, 6.07) is 7.26. The van der Waals surface area contributed by atoms with Crippen molar-refractivity contribution in [1.82, 2.24) is 10.6 Å². The molecule has 122 valence electrons. The molecule has 1 rings (SSSR count). The van der Waals surface area contributed by atoms with Crippen molar-refractivity contribution in [3.05, 3.63) is 29.8 Å². The van der Waals surface area contributed by atoms with E-state index >= 15 is 0 Å². The van der Waals surface area contributed by atoms with Crippen LogP contribution in [0.25, 0.3) is 0 Å². The van der Waals surface area contributed by atoms with E-state index in [0.29, 0.717) is 13.1 Å². The van der Waals surface area contributed by atoms with Crippen LogP contribution in [-0.4, -0.2) is 45.1 Å². The molecule has 0 spiro atoms. The molecular weight excluding hydrogens is 282 g/mol. The predicted molar refractivity (Wildman–Crippen MR) is 84.7 cm³/mol. The van der Waals surface area contributed by atoms with Gasteiger partial charge < -0.3 is 20.3 Å². The Hall–Kier alpha value is -2.08. The number of amides is 2. The first kappa shape index (κ1) is 18.0. The number of carbonyl (C=O) groups is 2. The normalized spacial score (nSPS) is 13.1. The lowest BCUT2D eigenvalue weighted by molar-refractivity contribution is -0.885. The van der Waals surface area contributed by atoms with E-state index in [9.17, 15) is 9.59 Å². The van der Waals surface area contributed by atoms with Crippen LogP contribution in [0.1, 0.15) is 19.4 Å². The van der Waals surface area contributed by atoms with Crippen LogP contribution in [-0.2, 0) is 16.1 Å². The van der Waals surface area contributed by atoms with Crippen LogP contribution in [0.5, 0.6) is 5.75 Å². The minimum Gasteiger partial charge on any atom is -0.497 e. The average molecular weight is 308 g/mol. The smallest absolute Gasteiger partial charge is 0.275 e. The summed E-state index contributed by atoms with van der Waals surface area (Å²) in [6.45, 7) is 5.13. The number of nitrogens with one attached hydrogen (secondary N) is 3. The van der Waals surface area contributed by atoms with Crippen molar-refractivity contribution in [2.45, 2.75) is 26.4 Å². The quantitative estimate of drug-likeness (QED) is 0.598. The Labute approximate surface area is 131 Å². The Morgan fingerprint density at radius 2 is 1.91 bits per heavy atom. The molecule has 2 amide bonds. The molecule has 2 atom stereocenters. The van der Waals surface area contributed by atoms with E-state index in [2.05, 4.69) is 10.6 Å². The van der Waals surface area contributed by atoms with Gasteiger partial charge in [-0.2, -0.15) is 0 Å². The van der Waals surface area contributed by atoms with Crippen LogP contribution in [0, 0.1) is 0 Å². The van der Waals surface area contributed by atoms with Gasteiger partial charge in [0.05, 0.1) is 14.2 Å². The molecular formula is C16H26N3O3+. The van der Waals surface area contributed by atoms with Crippen molar-refractivity contribution < 1.29 is 19.2 Å². The third kappa shape index (κ3) is 6.13. The number of quaternary nitrogens is 1. The summed E-state index contributed by atoms with van der Waals surface area (Å²) >= 11 is 0. The second kappa shape index (κ2) is 9.04. The van der Waals surface area contributed by atoms with Gasteiger partial charge in [-0.1, -0.05) is 0 Å². The molecule has 0 aromatic heterocycles. The van der Waals surface area contributed by atoms with Crippen molar-refractivity contribution in [2.24, 2.45) is 0 Å². The second-order valence-corrected chi connectivity index (χ2v) is 5.34. The lowest BCUT2D eigenvalue weighted by Crippen LogP contribution is -3.09. The van der Waals surface area contributed by atoms with Crippen LogP contribution in [0.2, 0.25) is 0 Å². The zero-order valence-corrected chi connectivity index (χ0v) is 13.7. The van der Waals surface area contributed by atoms with Gasteiger partial charge >= 0.3 is 0 Å². The van der Waals surface area contributed by atoms with Gasteiger partial charge in [-0.15, -0.1) is 0 Å². The van der Waals surface area contributed by atoms with E-state index in [0.717, 1.165) is 22.8 Å². The van der Waals surface area contributed by atoms with Gasteiger partial charge in [-0.25, -0.2) is 0 Å². The number of ether oxygens (including phenoxy) is 1. The van der Waals surface area contributed by atoms with Crippen LogP contribution in [0.4, 0.5) is 0 Å². The highest BCUT2D eigenvalue weighted by Gasteiger charge is 2.17. The molecule has 0 aliphatic heterocycles. The number of likely N-dealkylation sites (N-methyl/N-ethyl adjacent to an activating group) is 2. The van der Waals surface area contributed by atoms with Gasteiger partial charge in [-0.05, 0) is 38.1 Å². The molecule has 0 fully saturated rings. The fourth-order valence-electron chi connectivity index (χ4n) is 2.11. The molecule has 0 radical (unpaired) electrons. The zero-order valence-electron chi connectivity index (χ0n) is 13.7. The SMILES string of the molecule is CCNC(=O)[C@H](C)NC(=O)C[NH+](C)Cc1ccc(OC)cc1. The number of methoxy groups -OCH3 is 1. The van der Waals surface area contributed by atoms with Gasteiger partial charge in [-0.3, -0.25) is 9.59 Å². The number of benzene rings is 1. The minimum atomic E-state index is -0.513. The number of carbonyl (C=O) groups excluding carboxylic acids is 2. The highest BCUT2D eigenvalue weighted by molar-refractivity contribution is 5.87. The summed E-state index contributed by atoms with van der Waals surface area (Å²) in [7, 11) is 3.58. The highest BCUT2D eigenvalue weighted by atomic mass is 16.5. The number of rotatable bonds is 8. The van der Waals surface area contributed by atoms with Crippen molar-refractivity contribution in [3.8, 4) is 5.75 Å². The Kier molecular flexibility index (Phi) is 7.39. The first-order valence-electron chi connectivity index (χ1n) is 7.47. The van der Waals surface area contributed by atoms with Crippen LogP contribution < -0.4 is 20.3 Å². The molecule has 6 heteroatoms. The maximum Gasteiger partial charge on any atom is 0.275 e. The summed E-state index contributed by atoms with van der Waals surface area (Å²) in [5, 5.41) is 5.39. The first-order valence-corrected chi connectivity index (χ1v) is 7.47. The first-order chi connectivity index (χ1) is 10.5. The van der Waals surface area contributed by atoms with Gasteiger partial charge in [0.1, 0.15) is 18.3 Å². The lowest BCUT2D eigenvalue weighted by atomic mass is 10.2. The van der Waals surface area contributed by atoms with Crippen molar-refractivity contribution in [2.75, 3.05) is 27.2 Å². The molecule has 1 unspecified atom stereocenters. The Morgan fingerprint density at radius 3 is 2.45 bits per heavy atom. The van der Waals surface area contributed by atoms with E-state index in [1.165, 1.54) is 0 Å². The Balaban J connectivity index is 2.41. The van der Waals surface area contributed by atoms with E-state index in [1.54, 1.807) is 14.0 Å². The van der Waals surface area contributed by atoms with E-state index < -0.39 is 6.04 Å². The van der Waals surface area contributed by atoms with E-state index in [1.807, 2.05) is 38.2 Å². The summed E-state index contributed by atoms with van der Waals surface area (Å²) in [5.41, 5.74) is 1.13. The third-order valence-corrected chi connectivity index (χ3v) is 3.25. The fraction of sp³-hybridized carbons (Fsp3) is 0.500. The summed E-state index contributed by atoms with van der Waals surface area (Å²) in [4.78, 5) is 24.5. The molecule has 0 aliphatic carbocycles. The summed E-state index contributed by atoms with van der Waals surface area (Å²) in [5.74, 6) is 0.517. The maximum absolute atomic E-state index is 11.9. The molecule has 0 aliphatic rings. The molecule has 0 heterocycles. The monoisotopic (exact) mass is 308 g/mol. The molecule has 6 nitrogen and oxygen atoms in total. The van der Waals surface area contributed by atoms with Gasteiger partial charge in [0.25, 0.3) is 5.91 Å².